The maximum atomic E-state index is 13.2. The highest BCUT2D eigenvalue weighted by Crippen LogP contribution is 2.47. The van der Waals surface area contributed by atoms with Crippen LogP contribution in [0.15, 0.2) is 30.5 Å². The number of rotatable bonds is 3. The number of benzene rings is 1. The van der Waals surface area contributed by atoms with Crippen LogP contribution >= 0.6 is 0 Å². The second kappa shape index (κ2) is 6.23. The molecule has 142 valence electrons. The van der Waals surface area contributed by atoms with Crippen molar-refractivity contribution in [3.05, 3.63) is 41.6 Å². The van der Waals surface area contributed by atoms with Crippen LogP contribution < -0.4 is 0 Å². The van der Waals surface area contributed by atoms with Crippen LogP contribution in [0.1, 0.15) is 44.2 Å². The zero-order valence-electron chi connectivity index (χ0n) is 16.4. The Balaban J connectivity index is 1.64. The lowest BCUT2D eigenvalue weighted by atomic mass is 9.71. The molecule has 0 saturated carbocycles. The number of fused-ring (bicyclic) bond motifs is 2. The molecule has 2 atom stereocenters. The van der Waals surface area contributed by atoms with Gasteiger partial charge in [-0.15, -0.1) is 0 Å². The minimum Gasteiger partial charge on any atom is -0.361 e. The smallest absolute Gasteiger partial charge is 0.230 e. The number of nitrogens with one attached hydrogen (secondary N) is 1. The monoisotopic (exact) mass is 363 g/mol. The average Bonchev–Trinajstić information content (AvgIpc) is 3.33. The third-order valence-corrected chi connectivity index (χ3v) is 6.90. The minimum atomic E-state index is -0.0265. The van der Waals surface area contributed by atoms with Gasteiger partial charge in [0.15, 0.2) is 0 Å². The van der Waals surface area contributed by atoms with Crippen molar-refractivity contribution < 1.29 is 4.79 Å². The summed E-state index contributed by atoms with van der Waals surface area (Å²) in [7, 11) is 0. The standard InChI is InChI=1S/C23H29N3O/c1-3-9-26-15-16(22(27)25-10-4-5-11-25)12-19-18-7-6-8-20-21(18)17(14-24-20)13-23(19,26)2/h6-8,12,14,16,24H,3-5,9-11,13,15H2,1-2H3/t16-,23?/m1/s1. The largest absolute Gasteiger partial charge is 0.361 e. The van der Waals surface area contributed by atoms with E-state index in [1.807, 2.05) is 0 Å². The summed E-state index contributed by atoms with van der Waals surface area (Å²) in [4.78, 5) is 21.3. The first-order valence-electron chi connectivity index (χ1n) is 10.5. The number of nitrogens with zero attached hydrogens (tertiary/aromatic N) is 2. The lowest BCUT2D eigenvalue weighted by Gasteiger charge is -2.50. The minimum absolute atomic E-state index is 0.0199. The number of carbonyl (C=O) groups is 1. The summed E-state index contributed by atoms with van der Waals surface area (Å²) < 4.78 is 0. The van der Waals surface area contributed by atoms with Crippen LogP contribution in [-0.2, 0) is 11.2 Å². The highest BCUT2D eigenvalue weighted by atomic mass is 16.2. The molecule has 1 saturated heterocycles. The Morgan fingerprint density at radius 1 is 1.30 bits per heavy atom. The van der Waals surface area contributed by atoms with Crippen molar-refractivity contribution in [1.29, 1.82) is 0 Å². The third kappa shape index (κ3) is 2.49. The van der Waals surface area contributed by atoms with Crippen molar-refractivity contribution in [2.24, 2.45) is 5.92 Å². The van der Waals surface area contributed by atoms with E-state index in [1.54, 1.807) is 0 Å². The van der Waals surface area contributed by atoms with E-state index in [0.29, 0.717) is 5.91 Å². The maximum Gasteiger partial charge on any atom is 0.230 e. The van der Waals surface area contributed by atoms with Gasteiger partial charge in [-0.1, -0.05) is 25.1 Å². The summed E-state index contributed by atoms with van der Waals surface area (Å²) in [5.74, 6) is 0.309. The maximum absolute atomic E-state index is 13.2. The van der Waals surface area contributed by atoms with E-state index in [2.05, 4.69) is 59.1 Å². The Bertz CT molecular complexity index is 921. The molecular weight excluding hydrogens is 334 g/mol. The third-order valence-electron chi connectivity index (χ3n) is 6.90. The zero-order chi connectivity index (χ0) is 18.6. The first kappa shape index (κ1) is 17.1. The van der Waals surface area contributed by atoms with E-state index in [0.717, 1.165) is 51.9 Å². The van der Waals surface area contributed by atoms with Crippen LogP contribution in [0.3, 0.4) is 0 Å². The second-order valence-electron chi connectivity index (χ2n) is 8.66. The van der Waals surface area contributed by atoms with Crippen molar-refractivity contribution in [1.82, 2.24) is 14.8 Å². The fourth-order valence-electron chi connectivity index (χ4n) is 5.55. The SMILES string of the molecule is CCCN1C[C@H](C(=O)N2CCCC2)C=C2c3cccc4[nH]cc(c34)CC21C. The first-order valence-corrected chi connectivity index (χ1v) is 10.5. The molecule has 3 heterocycles. The van der Waals surface area contributed by atoms with E-state index in [9.17, 15) is 4.79 Å². The van der Waals surface area contributed by atoms with Gasteiger partial charge >= 0.3 is 0 Å². The number of carbonyl (C=O) groups excluding carboxylic acids is 1. The van der Waals surface area contributed by atoms with Crippen molar-refractivity contribution in [2.45, 2.75) is 45.1 Å². The molecule has 1 N–H and O–H groups in total. The first-order chi connectivity index (χ1) is 13.1. The van der Waals surface area contributed by atoms with Crippen LogP contribution in [0.4, 0.5) is 0 Å². The lowest BCUT2D eigenvalue weighted by molar-refractivity contribution is -0.134. The highest BCUT2D eigenvalue weighted by Gasteiger charge is 2.45. The van der Waals surface area contributed by atoms with Gasteiger partial charge in [0, 0.05) is 42.3 Å². The summed E-state index contributed by atoms with van der Waals surface area (Å²) in [6.45, 7) is 8.36. The fourth-order valence-corrected chi connectivity index (χ4v) is 5.55. The molecule has 5 rings (SSSR count). The molecule has 2 aromatic rings. The van der Waals surface area contributed by atoms with E-state index >= 15 is 0 Å². The Hall–Kier alpha value is -2.07. The van der Waals surface area contributed by atoms with Crippen LogP contribution in [0.5, 0.6) is 0 Å². The molecule has 0 bridgehead atoms. The predicted molar refractivity (Wildman–Crippen MR) is 110 cm³/mol. The predicted octanol–water partition coefficient (Wildman–Crippen LogP) is 3.83. The molecule has 4 heteroatoms. The Morgan fingerprint density at radius 2 is 2.11 bits per heavy atom. The van der Waals surface area contributed by atoms with Gasteiger partial charge in [0.1, 0.15) is 0 Å². The van der Waals surface area contributed by atoms with Crippen LogP contribution in [0.2, 0.25) is 0 Å². The molecule has 0 radical (unpaired) electrons. The summed E-state index contributed by atoms with van der Waals surface area (Å²) in [6.07, 6.45) is 8.92. The molecule has 0 spiro atoms. The summed E-state index contributed by atoms with van der Waals surface area (Å²) in [5.41, 5.74) is 5.27. The summed E-state index contributed by atoms with van der Waals surface area (Å²) in [5, 5.41) is 1.35. The number of amides is 1. The van der Waals surface area contributed by atoms with E-state index in [4.69, 9.17) is 0 Å². The van der Waals surface area contributed by atoms with Crippen molar-refractivity contribution in [3.63, 3.8) is 0 Å². The Labute approximate surface area is 161 Å². The average molecular weight is 364 g/mol. The number of aromatic amines is 1. The van der Waals surface area contributed by atoms with Gasteiger partial charge in [0.2, 0.25) is 5.91 Å². The number of H-pyrrole nitrogens is 1. The number of aromatic nitrogens is 1. The van der Waals surface area contributed by atoms with Crippen LogP contribution in [-0.4, -0.2) is 52.4 Å². The van der Waals surface area contributed by atoms with E-state index in [-0.39, 0.29) is 11.5 Å². The molecule has 1 unspecified atom stereocenters. The van der Waals surface area contributed by atoms with E-state index in [1.165, 1.54) is 27.6 Å². The number of hydrogen-bond donors (Lipinski definition) is 1. The van der Waals surface area contributed by atoms with Gasteiger partial charge in [0.05, 0.1) is 5.92 Å². The molecular formula is C23H29N3O. The lowest BCUT2D eigenvalue weighted by Crippen LogP contribution is -2.56. The summed E-state index contributed by atoms with van der Waals surface area (Å²) >= 11 is 0. The Morgan fingerprint density at radius 3 is 2.89 bits per heavy atom. The molecule has 1 aromatic carbocycles. The topological polar surface area (TPSA) is 39.3 Å². The molecule has 1 fully saturated rings. The molecule has 1 aliphatic carbocycles. The highest BCUT2D eigenvalue weighted by molar-refractivity contribution is 6.00. The van der Waals surface area contributed by atoms with Gasteiger partial charge in [-0.2, -0.15) is 0 Å². The van der Waals surface area contributed by atoms with Crippen molar-refractivity contribution in [2.75, 3.05) is 26.2 Å². The Kier molecular flexibility index (Phi) is 3.94. The normalized spacial score (nSPS) is 27.7. The van der Waals surface area contributed by atoms with Crippen LogP contribution in [0.25, 0.3) is 16.5 Å². The molecule has 2 aliphatic heterocycles. The van der Waals surface area contributed by atoms with Crippen molar-refractivity contribution >= 4 is 22.4 Å². The molecule has 4 nitrogen and oxygen atoms in total. The van der Waals surface area contributed by atoms with E-state index < -0.39 is 0 Å². The summed E-state index contributed by atoms with van der Waals surface area (Å²) in [6, 6.07) is 6.54. The van der Waals surface area contributed by atoms with Gasteiger partial charge in [0.25, 0.3) is 0 Å². The van der Waals surface area contributed by atoms with Gasteiger partial charge in [-0.25, -0.2) is 0 Å². The van der Waals surface area contributed by atoms with Gasteiger partial charge < -0.3 is 9.88 Å². The molecule has 1 amide bonds. The van der Waals surface area contributed by atoms with Gasteiger partial charge in [-0.3, -0.25) is 9.69 Å². The zero-order valence-corrected chi connectivity index (χ0v) is 16.4. The molecule has 3 aliphatic rings. The van der Waals surface area contributed by atoms with Crippen LogP contribution in [0, 0.1) is 5.92 Å². The quantitative estimate of drug-likeness (QED) is 0.900. The second-order valence-corrected chi connectivity index (χ2v) is 8.66. The molecule has 27 heavy (non-hydrogen) atoms. The van der Waals surface area contributed by atoms with Crippen molar-refractivity contribution in [3.8, 4) is 0 Å². The molecule has 1 aromatic heterocycles. The number of hydrogen-bond acceptors (Lipinski definition) is 2. The van der Waals surface area contributed by atoms with Gasteiger partial charge in [-0.05, 0) is 61.9 Å². The number of likely N-dealkylation sites (tertiary alicyclic amines) is 1. The fraction of sp³-hybridized carbons (Fsp3) is 0.522.